The van der Waals surface area contributed by atoms with Gasteiger partial charge in [0.25, 0.3) is 0 Å². The number of hydrogen-bond donors (Lipinski definition) is 1. The van der Waals surface area contributed by atoms with Crippen molar-refractivity contribution in [2.75, 3.05) is 5.32 Å². The summed E-state index contributed by atoms with van der Waals surface area (Å²) in [5.74, 6) is 0.233. The molecule has 0 amide bonds. The summed E-state index contributed by atoms with van der Waals surface area (Å²) < 4.78 is 13.5. The monoisotopic (exact) mass is 277 g/mol. The first-order valence-corrected chi connectivity index (χ1v) is 6.64. The van der Waals surface area contributed by atoms with Crippen molar-refractivity contribution in [1.29, 1.82) is 0 Å². The molecule has 0 bridgehead atoms. The van der Waals surface area contributed by atoms with Crippen LogP contribution in [-0.2, 0) is 19.4 Å². The molecule has 1 heterocycles. The van der Waals surface area contributed by atoms with Crippen LogP contribution in [0.5, 0.6) is 0 Å². The van der Waals surface area contributed by atoms with E-state index in [0.29, 0.717) is 23.2 Å². The zero-order valence-electron chi connectivity index (χ0n) is 10.3. The van der Waals surface area contributed by atoms with Crippen LogP contribution in [0.25, 0.3) is 0 Å². The van der Waals surface area contributed by atoms with Crippen molar-refractivity contribution in [3.05, 3.63) is 52.1 Å². The Morgan fingerprint density at radius 3 is 2.89 bits per heavy atom. The highest BCUT2D eigenvalue weighted by molar-refractivity contribution is 6.30. The molecule has 3 rings (SSSR count). The molecule has 19 heavy (non-hydrogen) atoms. The Hall–Kier alpha value is -1.68. The molecule has 0 aliphatic heterocycles. The lowest BCUT2D eigenvalue weighted by Gasteiger charge is -2.08. The first kappa shape index (κ1) is 12.4. The van der Waals surface area contributed by atoms with Crippen LogP contribution in [0, 0.1) is 5.82 Å². The fourth-order valence-corrected chi connectivity index (χ4v) is 2.57. The van der Waals surface area contributed by atoms with Gasteiger partial charge in [0.05, 0.1) is 5.69 Å². The number of anilines is 1. The molecule has 2 aromatic rings. The van der Waals surface area contributed by atoms with Gasteiger partial charge in [0.15, 0.2) is 0 Å². The quantitative estimate of drug-likeness (QED) is 0.874. The van der Waals surface area contributed by atoms with Gasteiger partial charge in [0.1, 0.15) is 11.0 Å². The van der Waals surface area contributed by atoms with Crippen LogP contribution in [0.2, 0.25) is 5.15 Å². The zero-order valence-corrected chi connectivity index (χ0v) is 11.0. The summed E-state index contributed by atoms with van der Waals surface area (Å²) in [6.07, 6.45) is 2.95. The van der Waals surface area contributed by atoms with Gasteiger partial charge >= 0.3 is 0 Å². The molecule has 1 aliphatic rings. The number of nitrogens with zero attached hydrogens (tertiary/aromatic N) is 2. The summed E-state index contributed by atoms with van der Waals surface area (Å²) >= 11 is 6.12. The summed E-state index contributed by atoms with van der Waals surface area (Å²) in [7, 11) is 0. The first-order valence-electron chi connectivity index (χ1n) is 6.26. The predicted octanol–water partition coefficient (Wildman–Crippen LogP) is 3.37. The second-order valence-corrected chi connectivity index (χ2v) is 4.92. The van der Waals surface area contributed by atoms with Gasteiger partial charge in [0.2, 0.25) is 5.95 Å². The molecule has 0 saturated carbocycles. The number of nitrogens with one attached hydrogen (secondary N) is 1. The summed E-state index contributed by atoms with van der Waals surface area (Å²) in [5, 5.41) is 3.54. The van der Waals surface area contributed by atoms with Crippen LogP contribution in [0.3, 0.4) is 0 Å². The second-order valence-electron chi connectivity index (χ2n) is 4.56. The van der Waals surface area contributed by atoms with Gasteiger partial charge in [-0.2, -0.15) is 0 Å². The summed E-state index contributed by atoms with van der Waals surface area (Å²) in [6.45, 7) is 0.349. The second kappa shape index (κ2) is 5.13. The van der Waals surface area contributed by atoms with E-state index in [-0.39, 0.29) is 5.82 Å². The molecule has 0 saturated heterocycles. The molecule has 1 aromatic heterocycles. The van der Waals surface area contributed by atoms with E-state index in [1.807, 2.05) is 0 Å². The normalized spacial score (nSPS) is 13.4. The maximum atomic E-state index is 13.5. The van der Waals surface area contributed by atoms with Crippen molar-refractivity contribution in [2.45, 2.75) is 25.8 Å². The lowest BCUT2D eigenvalue weighted by Crippen LogP contribution is -2.07. The van der Waals surface area contributed by atoms with E-state index in [0.717, 1.165) is 30.5 Å². The minimum atomic E-state index is -0.234. The Balaban J connectivity index is 1.78. The molecule has 5 heteroatoms. The number of aromatic nitrogens is 2. The Labute approximate surface area is 115 Å². The molecule has 1 N–H and O–H groups in total. The molecule has 1 aromatic carbocycles. The van der Waals surface area contributed by atoms with Crippen LogP contribution >= 0.6 is 11.6 Å². The Morgan fingerprint density at radius 2 is 2.05 bits per heavy atom. The van der Waals surface area contributed by atoms with Gasteiger partial charge < -0.3 is 5.32 Å². The maximum Gasteiger partial charge on any atom is 0.224 e. The average Bonchev–Trinajstić information content (AvgIpc) is 2.87. The van der Waals surface area contributed by atoms with Crippen LogP contribution in [0.1, 0.15) is 23.2 Å². The minimum absolute atomic E-state index is 0.234. The van der Waals surface area contributed by atoms with E-state index in [4.69, 9.17) is 11.6 Å². The summed E-state index contributed by atoms with van der Waals surface area (Å²) in [6, 6.07) is 6.64. The van der Waals surface area contributed by atoms with Crippen molar-refractivity contribution in [3.8, 4) is 0 Å². The first-order chi connectivity index (χ1) is 9.24. The van der Waals surface area contributed by atoms with Crippen molar-refractivity contribution >= 4 is 17.5 Å². The van der Waals surface area contributed by atoms with Gasteiger partial charge in [0, 0.05) is 17.7 Å². The Morgan fingerprint density at radius 1 is 1.21 bits per heavy atom. The van der Waals surface area contributed by atoms with Crippen LogP contribution in [0.4, 0.5) is 10.3 Å². The third kappa shape index (κ3) is 2.54. The van der Waals surface area contributed by atoms with E-state index >= 15 is 0 Å². The molecule has 0 atom stereocenters. The van der Waals surface area contributed by atoms with E-state index in [1.54, 1.807) is 18.2 Å². The Bertz CT molecular complexity index is 616. The molecule has 0 spiro atoms. The van der Waals surface area contributed by atoms with E-state index in [1.165, 1.54) is 6.07 Å². The van der Waals surface area contributed by atoms with Gasteiger partial charge in [-0.1, -0.05) is 29.8 Å². The highest BCUT2D eigenvalue weighted by atomic mass is 35.5. The molecular formula is C14H13ClFN3. The molecular weight excluding hydrogens is 265 g/mol. The van der Waals surface area contributed by atoms with Crippen LogP contribution < -0.4 is 5.32 Å². The molecule has 98 valence electrons. The standard InChI is InChI=1S/C14H13ClFN3/c15-13-10-5-3-7-12(10)18-14(19-13)17-8-9-4-1-2-6-11(9)16/h1-2,4,6H,3,5,7-8H2,(H,17,18,19). The Kier molecular flexibility index (Phi) is 3.34. The zero-order chi connectivity index (χ0) is 13.2. The lowest BCUT2D eigenvalue weighted by atomic mass is 10.2. The largest absolute Gasteiger partial charge is 0.350 e. The summed E-state index contributed by atoms with van der Waals surface area (Å²) in [5.41, 5.74) is 2.65. The number of hydrogen-bond acceptors (Lipinski definition) is 3. The lowest BCUT2D eigenvalue weighted by molar-refractivity contribution is 0.612. The number of rotatable bonds is 3. The summed E-state index contributed by atoms with van der Waals surface area (Å²) in [4.78, 5) is 8.64. The number of fused-ring (bicyclic) bond motifs is 1. The predicted molar refractivity (Wildman–Crippen MR) is 72.8 cm³/mol. The average molecular weight is 278 g/mol. The minimum Gasteiger partial charge on any atom is -0.350 e. The smallest absolute Gasteiger partial charge is 0.224 e. The third-order valence-electron chi connectivity index (χ3n) is 3.28. The van der Waals surface area contributed by atoms with Crippen molar-refractivity contribution in [2.24, 2.45) is 0 Å². The number of aryl methyl sites for hydroxylation is 1. The topological polar surface area (TPSA) is 37.8 Å². The molecule has 0 radical (unpaired) electrons. The highest BCUT2D eigenvalue weighted by Gasteiger charge is 2.18. The molecule has 0 fully saturated rings. The third-order valence-corrected chi connectivity index (χ3v) is 3.59. The number of halogens is 2. The van der Waals surface area contributed by atoms with Gasteiger partial charge in [-0.25, -0.2) is 14.4 Å². The molecule has 1 aliphatic carbocycles. The van der Waals surface area contributed by atoms with E-state index in [9.17, 15) is 4.39 Å². The van der Waals surface area contributed by atoms with Crippen molar-refractivity contribution in [3.63, 3.8) is 0 Å². The van der Waals surface area contributed by atoms with Gasteiger partial charge in [-0.15, -0.1) is 0 Å². The van der Waals surface area contributed by atoms with Crippen LogP contribution in [0.15, 0.2) is 24.3 Å². The van der Waals surface area contributed by atoms with Gasteiger partial charge in [-0.3, -0.25) is 0 Å². The van der Waals surface area contributed by atoms with Crippen molar-refractivity contribution < 1.29 is 4.39 Å². The van der Waals surface area contributed by atoms with E-state index < -0.39 is 0 Å². The highest BCUT2D eigenvalue weighted by Crippen LogP contribution is 2.27. The van der Waals surface area contributed by atoms with Crippen molar-refractivity contribution in [1.82, 2.24) is 9.97 Å². The SMILES string of the molecule is Fc1ccccc1CNc1nc(Cl)c2c(n1)CCC2. The number of benzene rings is 1. The molecule has 3 nitrogen and oxygen atoms in total. The van der Waals surface area contributed by atoms with E-state index in [2.05, 4.69) is 15.3 Å². The maximum absolute atomic E-state index is 13.5. The fourth-order valence-electron chi connectivity index (χ4n) is 2.28. The fraction of sp³-hybridized carbons (Fsp3) is 0.286. The molecule has 0 unspecified atom stereocenters. The van der Waals surface area contributed by atoms with Crippen LogP contribution in [-0.4, -0.2) is 9.97 Å². The van der Waals surface area contributed by atoms with Gasteiger partial charge in [-0.05, 0) is 25.3 Å².